The number of pyridine rings is 1. The van der Waals surface area contributed by atoms with E-state index in [0.29, 0.717) is 19.0 Å². The molecule has 1 saturated heterocycles. The number of fused-ring (bicyclic) bond motifs is 1. The molecule has 0 atom stereocenters. The second-order valence-corrected chi connectivity index (χ2v) is 6.71. The van der Waals surface area contributed by atoms with Crippen LogP contribution in [0.25, 0.3) is 10.9 Å². The van der Waals surface area contributed by atoms with Crippen LogP contribution in [0.15, 0.2) is 18.2 Å². The summed E-state index contributed by atoms with van der Waals surface area (Å²) in [6.45, 7) is 4.97. The van der Waals surface area contributed by atoms with Crippen LogP contribution in [-0.4, -0.2) is 40.1 Å². The van der Waals surface area contributed by atoms with Gasteiger partial charge < -0.3 is 10.0 Å². The summed E-state index contributed by atoms with van der Waals surface area (Å²) in [5.74, 6) is 0.531. The molecule has 4 rings (SSSR count). The summed E-state index contributed by atoms with van der Waals surface area (Å²) in [5, 5.41) is 10.4. The Balaban J connectivity index is 1.88. The number of rotatable bonds is 2. The van der Waals surface area contributed by atoms with Crippen molar-refractivity contribution in [2.75, 3.05) is 13.1 Å². The average Bonchev–Trinajstić information content (AvgIpc) is 3.27. The Bertz CT molecular complexity index is 774. The first-order chi connectivity index (χ1) is 10.5. The van der Waals surface area contributed by atoms with Crippen LogP contribution in [0.3, 0.4) is 0 Å². The standard InChI is InChI=1S/C18H20N2O2/c1-10-5-11(2)17-14(6-10)15(7-16(19-17)12-3-4-12)18(22)20-8-13(21)9-20/h5-7,12-13,21H,3-4,8-9H2,1-2H3. The number of aryl methyl sites for hydroxylation is 2. The minimum Gasteiger partial charge on any atom is -0.389 e. The van der Waals surface area contributed by atoms with Gasteiger partial charge in [-0.2, -0.15) is 0 Å². The molecule has 2 fully saturated rings. The molecule has 1 aliphatic heterocycles. The number of nitrogens with zero attached hydrogens (tertiary/aromatic N) is 2. The molecular formula is C18H20N2O2. The highest BCUT2D eigenvalue weighted by Crippen LogP contribution is 2.40. The van der Waals surface area contributed by atoms with Gasteiger partial charge in [0.1, 0.15) is 0 Å². The smallest absolute Gasteiger partial charge is 0.254 e. The van der Waals surface area contributed by atoms with E-state index in [1.807, 2.05) is 13.0 Å². The molecule has 2 aromatic rings. The molecule has 0 unspecified atom stereocenters. The molecule has 1 aromatic heterocycles. The van der Waals surface area contributed by atoms with Crippen LogP contribution >= 0.6 is 0 Å². The van der Waals surface area contributed by atoms with Gasteiger partial charge in [-0.1, -0.05) is 11.6 Å². The molecule has 1 saturated carbocycles. The van der Waals surface area contributed by atoms with Crippen LogP contribution in [0, 0.1) is 13.8 Å². The van der Waals surface area contributed by atoms with E-state index in [0.717, 1.165) is 33.3 Å². The van der Waals surface area contributed by atoms with E-state index in [1.54, 1.807) is 4.90 Å². The second-order valence-electron chi connectivity index (χ2n) is 6.71. The van der Waals surface area contributed by atoms with Crippen LogP contribution in [0.4, 0.5) is 0 Å². The zero-order valence-corrected chi connectivity index (χ0v) is 13.0. The molecule has 0 radical (unpaired) electrons. The Kier molecular flexibility index (Phi) is 2.98. The monoisotopic (exact) mass is 296 g/mol. The van der Waals surface area contributed by atoms with Crippen molar-refractivity contribution in [2.45, 2.75) is 38.7 Å². The summed E-state index contributed by atoms with van der Waals surface area (Å²) in [6.07, 6.45) is 1.96. The van der Waals surface area contributed by atoms with E-state index in [9.17, 15) is 9.90 Å². The predicted octanol–water partition coefficient (Wildman–Crippen LogP) is 2.55. The molecule has 1 amide bonds. The topological polar surface area (TPSA) is 53.4 Å². The molecule has 2 aliphatic rings. The molecule has 4 nitrogen and oxygen atoms in total. The number of likely N-dealkylation sites (tertiary alicyclic amines) is 1. The van der Waals surface area contributed by atoms with Crippen LogP contribution in [0.5, 0.6) is 0 Å². The molecule has 1 aromatic carbocycles. The molecule has 114 valence electrons. The highest BCUT2D eigenvalue weighted by atomic mass is 16.3. The number of hydrogen-bond donors (Lipinski definition) is 1. The van der Waals surface area contributed by atoms with Gasteiger partial charge in [-0.25, -0.2) is 0 Å². The van der Waals surface area contributed by atoms with Crippen molar-refractivity contribution in [1.82, 2.24) is 9.88 Å². The van der Waals surface area contributed by atoms with Crippen molar-refractivity contribution in [3.05, 3.63) is 40.6 Å². The number of benzene rings is 1. The lowest BCUT2D eigenvalue weighted by molar-refractivity contribution is 0.00602. The van der Waals surface area contributed by atoms with Crippen molar-refractivity contribution >= 4 is 16.8 Å². The molecule has 0 bridgehead atoms. The van der Waals surface area contributed by atoms with Crippen LogP contribution in [-0.2, 0) is 0 Å². The van der Waals surface area contributed by atoms with Crippen molar-refractivity contribution in [2.24, 2.45) is 0 Å². The quantitative estimate of drug-likeness (QED) is 0.926. The highest BCUT2D eigenvalue weighted by molar-refractivity contribution is 6.07. The maximum absolute atomic E-state index is 12.8. The molecule has 1 aliphatic carbocycles. The summed E-state index contributed by atoms with van der Waals surface area (Å²) in [6, 6.07) is 6.15. The van der Waals surface area contributed by atoms with Crippen molar-refractivity contribution < 1.29 is 9.90 Å². The fraction of sp³-hybridized carbons (Fsp3) is 0.444. The van der Waals surface area contributed by atoms with Crippen LogP contribution in [0.2, 0.25) is 0 Å². The zero-order valence-electron chi connectivity index (χ0n) is 13.0. The van der Waals surface area contributed by atoms with Gasteiger partial charge in [0.05, 0.1) is 17.2 Å². The Morgan fingerprint density at radius 1 is 1.23 bits per heavy atom. The molecule has 22 heavy (non-hydrogen) atoms. The number of aliphatic hydroxyl groups excluding tert-OH is 1. The zero-order chi connectivity index (χ0) is 15.4. The molecular weight excluding hydrogens is 276 g/mol. The van der Waals surface area contributed by atoms with E-state index < -0.39 is 0 Å². The number of carbonyl (C=O) groups is 1. The van der Waals surface area contributed by atoms with Crippen molar-refractivity contribution in [3.8, 4) is 0 Å². The lowest BCUT2D eigenvalue weighted by atomic mass is 9.99. The van der Waals surface area contributed by atoms with E-state index >= 15 is 0 Å². The maximum atomic E-state index is 12.8. The number of hydrogen-bond acceptors (Lipinski definition) is 3. The van der Waals surface area contributed by atoms with Gasteiger partial charge in [-0.3, -0.25) is 9.78 Å². The van der Waals surface area contributed by atoms with Crippen molar-refractivity contribution in [3.63, 3.8) is 0 Å². The van der Waals surface area contributed by atoms with Crippen LogP contribution in [0.1, 0.15) is 45.9 Å². The van der Waals surface area contributed by atoms with Gasteiger partial charge in [-0.15, -0.1) is 0 Å². The summed E-state index contributed by atoms with van der Waals surface area (Å²) < 4.78 is 0. The lowest BCUT2D eigenvalue weighted by Crippen LogP contribution is -2.53. The van der Waals surface area contributed by atoms with Crippen LogP contribution < -0.4 is 0 Å². The second kappa shape index (κ2) is 4.78. The Morgan fingerprint density at radius 3 is 2.59 bits per heavy atom. The minimum atomic E-state index is -0.372. The third-order valence-electron chi connectivity index (χ3n) is 4.64. The van der Waals surface area contributed by atoms with E-state index in [1.165, 1.54) is 12.8 Å². The molecule has 4 heteroatoms. The summed E-state index contributed by atoms with van der Waals surface area (Å²) in [5.41, 5.74) is 4.99. The van der Waals surface area contributed by atoms with Crippen molar-refractivity contribution in [1.29, 1.82) is 0 Å². The first-order valence-electron chi connectivity index (χ1n) is 7.92. The first kappa shape index (κ1) is 13.7. The Hall–Kier alpha value is -1.94. The fourth-order valence-corrected chi connectivity index (χ4v) is 3.26. The van der Waals surface area contributed by atoms with E-state index in [4.69, 9.17) is 4.98 Å². The summed E-state index contributed by atoms with van der Waals surface area (Å²) >= 11 is 0. The first-order valence-corrected chi connectivity index (χ1v) is 7.92. The maximum Gasteiger partial charge on any atom is 0.254 e. The summed E-state index contributed by atoms with van der Waals surface area (Å²) in [7, 11) is 0. The Labute approximate surface area is 129 Å². The third-order valence-corrected chi connectivity index (χ3v) is 4.64. The van der Waals surface area contributed by atoms with Gasteiger partial charge in [0.15, 0.2) is 0 Å². The molecule has 0 spiro atoms. The number of β-amino-alcohol motifs (C(OH)–C–C–N with tert-alkyl or cyclic N) is 1. The largest absolute Gasteiger partial charge is 0.389 e. The van der Waals surface area contributed by atoms with Gasteiger partial charge >= 0.3 is 0 Å². The van der Waals surface area contributed by atoms with Gasteiger partial charge in [0, 0.05) is 30.1 Å². The average molecular weight is 296 g/mol. The number of aromatic nitrogens is 1. The van der Waals surface area contributed by atoms with E-state index in [2.05, 4.69) is 19.1 Å². The molecule has 1 N–H and O–H groups in total. The minimum absolute atomic E-state index is 0.0181. The lowest BCUT2D eigenvalue weighted by Gasteiger charge is -2.36. The third kappa shape index (κ3) is 2.18. The SMILES string of the molecule is Cc1cc(C)c2nc(C3CC3)cc(C(=O)N3CC(O)C3)c2c1. The molecule has 2 heterocycles. The normalized spacial score (nSPS) is 18.6. The van der Waals surface area contributed by atoms with Gasteiger partial charge in [0.25, 0.3) is 5.91 Å². The Morgan fingerprint density at radius 2 is 1.95 bits per heavy atom. The highest BCUT2D eigenvalue weighted by Gasteiger charge is 2.32. The predicted molar refractivity (Wildman–Crippen MR) is 85.1 cm³/mol. The number of amides is 1. The fourth-order valence-electron chi connectivity index (χ4n) is 3.26. The van der Waals surface area contributed by atoms with E-state index in [-0.39, 0.29) is 12.0 Å². The number of carbonyl (C=O) groups excluding carboxylic acids is 1. The summed E-state index contributed by atoms with van der Waals surface area (Å²) in [4.78, 5) is 19.3. The number of aliphatic hydroxyl groups is 1. The van der Waals surface area contributed by atoms with Gasteiger partial charge in [-0.05, 0) is 44.4 Å². The van der Waals surface area contributed by atoms with Gasteiger partial charge in [0.2, 0.25) is 0 Å².